The molecule has 6 nitrogen and oxygen atoms in total. The van der Waals surface area contributed by atoms with Crippen LogP contribution >= 0.6 is 11.6 Å². The molecule has 0 saturated carbocycles. The number of aromatic nitrogens is 5. The Morgan fingerprint density at radius 1 is 0.944 bits per heavy atom. The lowest BCUT2D eigenvalue weighted by atomic mass is 10.3. The van der Waals surface area contributed by atoms with E-state index in [0.717, 1.165) is 0 Å². The number of rotatable bonds is 2. The van der Waals surface area contributed by atoms with Crippen LogP contribution in [-0.4, -0.2) is 25.1 Å². The molecule has 0 unspecified atom stereocenters. The Bertz CT molecular complexity index is 670. The smallest absolute Gasteiger partial charge is 0.296 e. The van der Waals surface area contributed by atoms with E-state index >= 15 is 0 Å². The monoisotopic (exact) mass is 259 g/mol. The summed E-state index contributed by atoms with van der Waals surface area (Å²) in [6, 6.07) is 5.14. The summed E-state index contributed by atoms with van der Waals surface area (Å²) in [4.78, 5) is 16.3. The zero-order valence-electron chi connectivity index (χ0n) is 8.99. The van der Waals surface area contributed by atoms with Crippen molar-refractivity contribution in [2.75, 3.05) is 0 Å². The van der Waals surface area contributed by atoms with Gasteiger partial charge in [0.15, 0.2) is 0 Å². The second-order valence-corrected chi connectivity index (χ2v) is 3.74. The van der Waals surface area contributed by atoms with E-state index in [1.54, 1.807) is 36.8 Å². The van der Waals surface area contributed by atoms with Crippen LogP contribution in [0, 0.1) is 0 Å². The average molecular weight is 260 g/mol. The molecule has 0 N–H and O–H groups in total. The topological polar surface area (TPSA) is 77.6 Å². The quantitative estimate of drug-likeness (QED) is 0.702. The van der Waals surface area contributed by atoms with Crippen LogP contribution in [0.25, 0.3) is 23.2 Å². The van der Waals surface area contributed by atoms with Gasteiger partial charge < -0.3 is 4.52 Å². The van der Waals surface area contributed by atoms with Crippen LogP contribution in [0.5, 0.6) is 0 Å². The van der Waals surface area contributed by atoms with Crippen molar-refractivity contribution in [1.82, 2.24) is 25.1 Å². The fraction of sp³-hybridized carbons (Fsp3) is 0. The van der Waals surface area contributed by atoms with Gasteiger partial charge in [-0.05, 0) is 18.2 Å². The molecule has 7 heteroatoms. The van der Waals surface area contributed by atoms with Crippen molar-refractivity contribution in [1.29, 1.82) is 0 Å². The average Bonchev–Trinajstić information content (AvgIpc) is 2.90. The van der Waals surface area contributed by atoms with Gasteiger partial charge in [-0.25, -0.2) is 9.97 Å². The van der Waals surface area contributed by atoms with Gasteiger partial charge in [-0.15, -0.1) is 0 Å². The van der Waals surface area contributed by atoms with Crippen LogP contribution < -0.4 is 0 Å². The molecule has 0 aliphatic rings. The number of halogens is 1. The van der Waals surface area contributed by atoms with Gasteiger partial charge in [0.2, 0.25) is 11.6 Å². The summed E-state index contributed by atoms with van der Waals surface area (Å²) in [5.74, 6) is 0.902. The van der Waals surface area contributed by atoms with Crippen molar-refractivity contribution >= 4 is 11.6 Å². The largest absolute Gasteiger partial charge is 0.330 e. The van der Waals surface area contributed by atoms with Crippen LogP contribution in [0.15, 0.2) is 41.3 Å². The third-order valence-electron chi connectivity index (χ3n) is 2.15. The molecule has 0 aliphatic heterocycles. The SMILES string of the molecule is Clc1cccnc1-c1noc(-c2ncccn2)n1. The molecule has 88 valence electrons. The summed E-state index contributed by atoms with van der Waals surface area (Å²) < 4.78 is 5.08. The maximum absolute atomic E-state index is 6.00. The number of hydrogen-bond donors (Lipinski definition) is 0. The molecule has 0 saturated heterocycles. The predicted octanol–water partition coefficient (Wildman–Crippen LogP) is 2.24. The van der Waals surface area contributed by atoms with Gasteiger partial charge in [0.05, 0.1) is 5.02 Å². The first-order chi connectivity index (χ1) is 8.84. The van der Waals surface area contributed by atoms with Gasteiger partial charge in [-0.2, -0.15) is 4.98 Å². The van der Waals surface area contributed by atoms with Crippen molar-refractivity contribution in [3.8, 4) is 23.2 Å². The number of nitrogens with zero attached hydrogens (tertiary/aromatic N) is 5. The van der Waals surface area contributed by atoms with Crippen LogP contribution in [0.2, 0.25) is 5.02 Å². The summed E-state index contributed by atoms with van der Waals surface area (Å²) in [5, 5.41) is 4.27. The van der Waals surface area contributed by atoms with E-state index in [-0.39, 0.29) is 5.89 Å². The Hall–Kier alpha value is -2.34. The summed E-state index contributed by atoms with van der Waals surface area (Å²) >= 11 is 6.00. The van der Waals surface area contributed by atoms with Crippen LogP contribution in [-0.2, 0) is 0 Å². The Balaban J connectivity index is 2.03. The normalized spacial score (nSPS) is 10.5. The second-order valence-electron chi connectivity index (χ2n) is 3.33. The van der Waals surface area contributed by atoms with Gasteiger partial charge >= 0.3 is 0 Å². The van der Waals surface area contributed by atoms with E-state index < -0.39 is 0 Å². The summed E-state index contributed by atoms with van der Waals surface area (Å²) in [6.07, 6.45) is 4.80. The molecule has 3 rings (SSSR count). The van der Waals surface area contributed by atoms with Crippen LogP contribution in [0.4, 0.5) is 0 Å². The first kappa shape index (κ1) is 10.8. The minimum atomic E-state index is 0.229. The summed E-state index contributed by atoms with van der Waals surface area (Å²) in [6.45, 7) is 0. The van der Waals surface area contributed by atoms with Crippen molar-refractivity contribution < 1.29 is 4.52 Å². The third kappa shape index (κ3) is 1.93. The number of pyridine rings is 1. The van der Waals surface area contributed by atoms with Gasteiger partial charge in [0.25, 0.3) is 5.89 Å². The first-order valence-corrected chi connectivity index (χ1v) is 5.44. The highest BCUT2D eigenvalue weighted by atomic mass is 35.5. The Morgan fingerprint density at radius 2 is 1.72 bits per heavy atom. The molecule has 0 aromatic carbocycles. The van der Waals surface area contributed by atoms with E-state index in [1.807, 2.05) is 0 Å². The molecule has 0 amide bonds. The Morgan fingerprint density at radius 3 is 2.50 bits per heavy atom. The molecule has 3 aromatic rings. The maximum Gasteiger partial charge on any atom is 0.296 e. The van der Waals surface area contributed by atoms with Gasteiger partial charge in [-0.1, -0.05) is 16.8 Å². The molecule has 0 atom stereocenters. The molecule has 3 heterocycles. The second kappa shape index (κ2) is 4.50. The lowest BCUT2D eigenvalue weighted by Gasteiger charge is -1.94. The summed E-state index contributed by atoms with van der Waals surface area (Å²) in [7, 11) is 0. The molecular formula is C11H6ClN5O. The van der Waals surface area contributed by atoms with E-state index in [1.165, 1.54) is 0 Å². The highest BCUT2D eigenvalue weighted by Gasteiger charge is 2.15. The maximum atomic E-state index is 6.00. The molecule has 0 aliphatic carbocycles. The van der Waals surface area contributed by atoms with E-state index in [0.29, 0.717) is 22.4 Å². The zero-order valence-corrected chi connectivity index (χ0v) is 9.74. The molecule has 3 aromatic heterocycles. The van der Waals surface area contributed by atoms with Crippen LogP contribution in [0.1, 0.15) is 0 Å². The fourth-order valence-corrected chi connectivity index (χ4v) is 1.58. The minimum absolute atomic E-state index is 0.229. The molecule has 0 radical (unpaired) electrons. The van der Waals surface area contributed by atoms with Gasteiger partial charge in [0, 0.05) is 18.6 Å². The lowest BCUT2D eigenvalue weighted by molar-refractivity contribution is 0.429. The molecular weight excluding hydrogens is 254 g/mol. The zero-order chi connectivity index (χ0) is 12.4. The Kier molecular flexibility index (Phi) is 2.70. The van der Waals surface area contributed by atoms with Crippen molar-refractivity contribution in [3.05, 3.63) is 41.8 Å². The molecule has 0 fully saturated rings. The molecule has 18 heavy (non-hydrogen) atoms. The third-order valence-corrected chi connectivity index (χ3v) is 2.46. The van der Waals surface area contributed by atoms with Gasteiger partial charge in [0.1, 0.15) is 5.69 Å². The van der Waals surface area contributed by atoms with Crippen molar-refractivity contribution in [2.45, 2.75) is 0 Å². The minimum Gasteiger partial charge on any atom is -0.330 e. The summed E-state index contributed by atoms with van der Waals surface area (Å²) in [5.41, 5.74) is 0.463. The number of hydrogen-bond acceptors (Lipinski definition) is 6. The molecule has 0 spiro atoms. The highest BCUT2D eigenvalue weighted by Crippen LogP contribution is 2.24. The van der Waals surface area contributed by atoms with E-state index in [9.17, 15) is 0 Å². The van der Waals surface area contributed by atoms with Crippen LogP contribution in [0.3, 0.4) is 0 Å². The van der Waals surface area contributed by atoms with Crippen molar-refractivity contribution in [2.24, 2.45) is 0 Å². The molecule has 0 bridgehead atoms. The predicted molar refractivity (Wildman–Crippen MR) is 63.6 cm³/mol. The standard InChI is InChI=1S/C11H6ClN5O/c12-7-3-1-4-13-8(7)9-16-11(18-17-9)10-14-5-2-6-15-10/h1-6H. The first-order valence-electron chi connectivity index (χ1n) is 5.06. The Labute approximate surface area is 107 Å². The van der Waals surface area contributed by atoms with E-state index in [4.69, 9.17) is 16.1 Å². The highest BCUT2D eigenvalue weighted by molar-refractivity contribution is 6.32. The van der Waals surface area contributed by atoms with Crippen molar-refractivity contribution in [3.63, 3.8) is 0 Å². The van der Waals surface area contributed by atoms with Gasteiger partial charge in [-0.3, -0.25) is 4.98 Å². The lowest BCUT2D eigenvalue weighted by Crippen LogP contribution is -1.88. The van der Waals surface area contributed by atoms with E-state index in [2.05, 4.69) is 25.1 Å². The fourth-order valence-electron chi connectivity index (χ4n) is 1.37.